The first-order valence-electron chi connectivity index (χ1n) is 12.6. The van der Waals surface area contributed by atoms with Gasteiger partial charge in [0.2, 0.25) is 0 Å². The molecule has 0 aliphatic carbocycles. The third-order valence-corrected chi connectivity index (χ3v) is 6.18. The van der Waals surface area contributed by atoms with Crippen LogP contribution in [0.3, 0.4) is 0 Å². The molecule has 0 saturated heterocycles. The van der Waals surface area contributed by atoms with Crippen molar-refractivity contribution in [3.8, 4) is 11.5 Å². The SMILES string of the molecule is [CH2+]CC(=O)OC(CCl)COc1ccc(C(C)(C)c2ccc(OCC(COC(=O)C[NH3+])OC(=O)C[CH2+])cc2)cc1. The van der Waals surface area contributed by atoms with Gasteiger partial charge in [0.05, 0.1) is 19.7 Å². The highest BCUT2D eigenvalue weighted by atomic mass is 35.5. The molecule has 3 N–H and O–H groups in total. The first-order valence-corrected chi connectivity index (χ1v) is 13.1. The van der Waals surface area contributed by atoms with Gasteiger partial charge in [-0.3, -0.25) is 0 Å². The van der Waals surface area contributed by atoms with Crippen molar-refractivity contribution < 1.29 is 43.8 Å². The monoisotopic (exact) mass is 562 g/mol. The van der Waals surface area contributed by atoms with Crippen LogP contribution in [0.1, 0.15) is 37.8 Å². The molecular formula is C29H37ClNO8+3. The van der Waals surface area contributed by atoms with Crippen molar-refractivity contribution in [3.63, 3.8) is 0 Å². The Bertz CT molecular complexity index is 1060. The fourth-order valence-electron chi connectivity index (χ4n) is 3.45. The van der Waals surface area contributed by atoms with Crippen LogP contribution in [0.15, 0.2) is 48.5 Å². The van der Waals surface area contributed by atoms with E-state index in [9.17, 15) is 14.4 Å². The van der Waals surface area contributed by atoms with E-state index >= 15 is 0 Å². The number of esters is 3. The van der Waals surface area contributed by atoms with E-state index in [1.165, 1.54) is 0 Å². The van der Waals surface area contributed by atoms with E-state index in [0.717, 1.165) is 11.1 Å². The van der Waals surface area contributed by atoms with Gasteiger partial charge in [0.25, 0.3) is 0 Å². The van der Waals surface area contributed by atoms with Gasteiger partial charge < -0.3 is 29.4 Å². The Kier molecular flexibility index (Phi) is 12.8. The Hall–Kier alpha value is -3.56. The van der Waals surface area contributed by atoms with Gasteiger partial charge >= 0.3 is 17.9 Å². The molecule has 0 aromatic heterocycles. The zero-order valence-corrected chi connectivity index (χ0v) is 23.2. The molecule has 0 saturated carbocycles. The maximum atomic E-state index is 11.7. The quantitative estimate of drug-likeness (QED) is 0.143. The van der Waals surface area contributed by atoms with Crippen molar-refractivity contribution in [1.82, 2.24) is 0 Å². The second kappa shape index (κ2) is 15.8. The van der Waals surface area contributed by atoms with Crippen molar-refractivity contribution in [2.24, 2.45) is 0 Å². The lowest BCUT2D eigenvalue weighted by molar-refractivity contribution is -0.360. The normalized spacial score (nSPS) is 12.6. The minimum absolute atomic E-state index is 0.0134. The van der Waals surface area contributed by atoms with E-state index in [4.69, 9.17) is 35.3 Å². The second-order valence-corrected chi connectivity index (χ2v) is 9.42. The summed E-state index contributed by atoms with van der Waals surface area (Å²) in [6, 6.07) is 15.3. The van der Waals surface area contributed by atoms with Crippen LogP contribution >= 0.6 is 11.6 Å². The summed E-state index contributed by atoms with van der Waals surface area (Å²) in [6.07, 6.45) is -1.32. The molecule has 2 rings (SSSR count). The van der Waals surface area contributed by atoms with Gasteiger partial charge in [-0.2, -0.15) is 0 Å². The predicted octanol–water partition coefficient (Wildman–Crippen LogP) is 3.07. The maximum Gasteiger partial charge on any atom is 0.361 e. The van der Waals surface area contributed by atoms with Crippen LogP contribution in [-0.4, -0.2) is 62.4 Å². The summed E-state index contributed by atoms with van der Waals surface area (Å²) >= 11 is 5.86. The van der Waals surface area contributed by atoms with Crippen molar-refractivity contribution in [2.75, 3.05) is 32.2 Å². The number of ether oxygens (including phenoxy) is 5. The van der Waals surface area contributed by atoms with Crippen LogP contribution in [0.5, 0.6) is 11.5 Å². The molecule has 0 spiro atoms. The molecule has 39 heavy (non-hydrogen) atoms. The van der Waals surface area contributed by atoms with Crippen LogP contribution in [0, 0.1) is 13.8 Å². The van der Waals surface area contributed by atoms with Crippen molar-refractivity contribution in [1.29, 1.82) is 0 Å². The Morgan fingerprint density at radius 3 is 1.62 bits per heavy atom. The number of benzene rings is 2. The van der Waals surface area contributed by atoms with E-state index in [1.54, 1.807) is 0 Å². The highest BCUT2D eigenvalue weighted by molar-refractivity contribution is 6.18. The molecule has 2 aromatic rings. The average molecular weight is 563 g/mol. The van der Waals surface area contributed by atoms with Gasteiger partial charge in [-0.1, -0.05) is 38.1 Å². The van der Waals surface area contributed by atoms with E-state index < -0.39 is 30.1 Å². The van der Waals surface area contributed by atoms with Crippen molar-refractivity contribution >= 4 is 29.5 Å². The molecule has 10 heteroatoms. The number of carbonyl (C=O) groups is 3. The number of hydrogen-bond acceptors (Lipinski definition) is 8. The highest BCUT2D eigenvalue weighted by Crippen LogP contribution is 2.33. The molecule has 2 aromatic carbocycles. The van der Waals surface area contributed by atoms with Gasteiger partial charge in [-0.05, 0) is 35.4 Å². The van der Waals surface area contributed by atoms with Crippen LogP contribution in [0.25, 0.3) is 0 Å². The van der Waals surface area contributed by atoms with E-state index in [2.05, 4.69) is 33.4 Å². The first-order chi connectivity index (χ1) is 18.6. The molecule has 210 valence electrons. The van der Waals surface area contributed by atoms with Gasteiger partial charge in [0.15, 0.2) is 25.5 Å². The zero-order valence-electron chi connectivity index (χ0n) is 22.5. The summed E-state index contributed by atoms with van der Waals surface area (Å²) < 4.78 is 27.0. The molecular weight excluding hydrogens is 526 g/mol. The molecule has 0 bridgehead atoms. The first kappa shape index (κ1) is 31.7. The minimum atomic E-state index is -0.762. The summed E-state index contributed by atoms with van der Waals surface area (Å²) in [5, 5.41) is 0. The summed E-state index contributed by atoms with van der Waals surface area (Å²) in [6.45, 7) is 11.2. The fraction of sp³-hybridized carbons (Fsp3) is 0.414. The minimum Gasteiger partial charge on any atom is -0.490 e. The Morgan fingerprint density at radius 2 is 1.21 bits per heavy atom. The Balaban J connectivity index is 1.99. The Labute approximate surface area is 234 Å². The summed E-state index contributed by atoms with van der Waals surface area (Å²) in [7, 11) is 0. The molecule has 0 aliphatic heterocycles. The third kappa shape index (κ3) is 10.3. The lowest BCUT2D eigenvalue weighted by Crippen LogP contribution is -2.54. The highest BCUT2D eigenvalue weighted by Gasteiger charge is 2.24. The van der Waals surface area contributed by atoms with Gasteiger partial charge in [0, 0.05) is 5.41 Å². The number of hydrogen-bond donors (Lipinski definition) is 1. The van der Waals surface area contributed by atoms with Crippen LogP contribution in [0.2, 0.25) is 0 Å². The van der Waals surface area contributed by atoms with Crippen LogP contribution in [0.4, 0.5) is 0 Å². The predicted molar refractivity (Wildman–Crippen MR) is 145 cm³/mol. The number of halogens is 1. The molecule has 0 aliphatic rings. The van der Waals surface area contributed by atoms with Gasteiger partial charge in [-0.25, -0.2) is 14.4 Å². The largest absolute Gasteiger partial charge is 0.490 e. The zero-order chi connectivity index (χ0) is 28.8. The molecule has 9 nitrogen and oxygen atoms in total. The summed E-state index contributed by atoms with van der Waals surface area (Å²) in [5.74, 6) is -0.0984. The smallest absolute Gasteiger partial charge is 0.361 e. The van der Waals surface area contributed by atoms with Crippen molar-refractivity contribution in [3.05, 3.63) is 73.5 Å². The number of quaternary nitrogens is 1. The van der Waals surface area contributed by atoms with Gasteiger partial charge in [-0.15, -0.1) is 11.6 Å². The number of carbonyl (C=O) groups excluding carboxylic acids is 3. The Morgan fingerprint density at radius 1 is 0.769 bits per heavy atom. The van der Waals surface area contributed by atoms with E-state index in [0.29, 0.717) is 11.5 Å². The summed E-state index contributed by atoms with van der Waals surface area (Å²) in [5.41, 5.74) is 5.26. The van der Waals surface area contributed by atoms with Crippen molar-refractivity contribution in [2.45, 2.75) is 44.3 Å². The molecule has 2 unspecified atom stereocenters. The summed E-state index contributed by atoms with van der Waals surface area (Å²) in [4.78, 5) is 34.5. The third-order valence-electron chi connectivity index (χ3n) is 5.83. The number of rotatable bonds is 16. The maximum absolute atomic E-state index is 11.7. The van der Waals surface area contributed by atoms with Gasteiger partial charge in [0.1, 0.15) is 37.4 Å². The molecule has 0 radical (unpaired) electrons. The lowest BCUT2D eigenvalue weighted by Gasteiger charge is -2.27. The fourth-order valence-corrected chi connectivity index (χ4v) is 3.61. The second-order valence-electron chi connectivity index (χ2n) is 9.11. The molecule has 0 amide bonds. The average Bonchev–Trinajstić information content (AvgIpc) is 2.96. The topological polar surface area (TPSA) is 125 Å². The number of alkyl halides is 1. The molecule has 2 atom stereocenters. The molecule has 0 heterocycles. The van der Waals surface area contributed by atoms with E-state index in [-0.39, 0.29) is 50.5 Å². The van der Waals surface area contributed by atoms with Crippen LogP contribution < -0.4 is 15.2 Å². The molecule has 0 fully saturated rings. The standard InChI is InChI=1S/C29H36ClNO8/c1-5-26(32)38-24(15-30)17-35-22-11-7-20(8-12-22)29(3,4)21-9-13-23(14-10-21)36-18-25(39-27(33)6-2)19-37-28(34)16-31/h7-14,24-25H,1-2,5-6,15-19,31H2,3-4H3/q+2/p+1. The van der Waals surface area contributed by atoms with E-state index in [1.807, 2.05) is 48.5 Å². The lowest BCUT2D eigenvalue weighted by atomic mass is 9.78. The van der Waals surface area contributed by atoms with Crippen LogP contribution in [-0.2, 0) is 34.0 Å².